The topological polar surface area (TPSA) is 42.0 Å². The molecule has 0 bridgehead atoms. The third-order valence-corrected chi connectivity index (χ3v) is 4.03. The van der Waals surface area contributed by atoms with Crippen LogP contribution in [0.15, 0.2) is 12.3 Å². The Morgan fingerprint density at radius 1 is 1.47 bits per heavy atom. The summed E-state index contributed by atoms with van der Waals surface area (Å²) >= 11 is 5.82. The van der Waals surface area contributed by atoms with Gasteiger partial charge in [-0.05, 0) is 37.2 Å². The minimum absolute atomic E-state index is 0.0371. The Morgan fingerprint density at radius 3 is 2.74 bits per heavy atom. The minimum Gasteiger partial charge on any atom is -0.349 e. The molecule has 0 radical (unpaired) electrons. The molecule has 104 valence electrons. The lowest BCUT2D eigenvalue weighted by Gasteiger charge is -2.34. The first kappa shape index (κ1) is 14.3. The average molecular weight is 285 g/mol. The molecule has 1 aromatic rings. The van der Waals surface area contributed by atoms with Gasteiger partial charge in [0, 0.05) is 6.04 Å². The number of aromatic nitrogens is 1. The average Bonchev–Trinajstić information content (AvgIpc) is 2.35. The zero-order valence-electron chi connectivity index (χ0n) is 11.2. The van der Waals surface area contributed by atoms with E-state index in [2.05, 4.69) is 24.1 Å². The lowest BCUT2D eigenvalue weighted by Crippen LogP contribution is -2.39. The van der Waals surface area contributed by atoms with Gasteiger partial charge in [0.2, 0.25) is 0 Å². The smallest absolute Gasteiger partial charge is 0.254 e. The predicted molar refractivity (Wildman–Crippen MR) is 72.7 cm³/mol. The lowest BCUT2D eigenvalue weighted by atomic mass is 9.75. The van der Waals surface area contributed by atoms with Crippen LogP contribution in [-0.2, 0) is 0 Å². The van der Waals surface area contributed by atoms with Crippen LogP contribution in [0.2, 0.25) is 5.15 Å². The van der Waals surface area contributed by atoms with Gasteiger partial charge in [0.1, 0.15) is 11.0 Å². The molecule has 1 amide bonds. The highest BCUT2D eigenvalue weighted by atomic mass is 35.5. The number of carbonyl (C=O) groups excluding carboxylic acids is 1. The van der Waals surface area contributed by atoms with Gasteiger partial charge in [-0.2, -0.15) is 0 Å². The minimum atomic E-state index is -0.556. The van der Waals surface area contributed by atoms with Crippen LogP contribution in [0.1, 0.15) is 49.9 Å². The molecule has 1 aromatic heterocycles. The van der Waals surface area contributed by atoms with E-state index < -0.39 is 5.82 Å². The van der Waals surface area contributed by atoms with E-state index in [4.69, 9.17) is 11.6 Å². The van der Waals surface area contributed by atoms with Crippen LogP contribution < -0.4 is 5.32 Å². The van der Waals surface area contributed by atoms with Gasteiger partial charge in [-0.15, -0.1) is 0 Å². The molecule has 1 fully saturated rings. The number of hydrogen-bond acceptors (Lipinski definition) is 2. The van der Waals surface area contributed by atoms with Crippen molar-refractivity contribution in [2.45, 2.75) is 45.6 Å². The SMILES string of the molecule is CC1(C)CCC(NC(=O)c2cc(F)cnc2Cl)CC1. The van der Waals surface area contributed by atoms with Crippen LogP contribution in [0.3, 0.4) is 0 Å². The van der Waals surface area contributed by atoms with Gasteiger partial charge >= 0.3 is 0 Å². The number of rotatable bonds is 2. The summed E-state index contributed by atoms with van der Waals surface area (Å²) in [5.41, 5.74) is 0.450. The summed E-state index contributed by atoms with van der Waals surface area (Å²) in [5, 5.41) is 2.95. The van der Waals surface area contributed by atoms with Crippen molar-refractivity contribution in [2.24, 2.45) is 5.41 Å². The summed E-state index contributed by atoms with van der Waals surface area (Å²) in [4.78, 5) is 15.7. The Hall–Kier alpha value is -1.16. The van der Waals surface area contributed by atoms with Crippen LogP contribution in [0, 0.1) is 11.2 Å². The first-order valence-corrected chi connectivity index (χ1v) is 6.87. The van der Waals surface area contributed by atoms with Crippen LogP contribution in [0.25, 0.3) is 0 Å². The van der Waals surface area contributed by atoms with Gasteiger partial charge in [0.15, 0.2) is 0 Å². The maximum atomic E-state index is 13.1. The Labute approximate surface area is 117 Å². The number of nitrogens with one attached hydrogen (secondary N) is 1. The monoisotopic (exact) mass is 284 g/mol. The summed E-state index contributed by atoms with van der Waals surface area (Å²) in [6, 6.07) is 1.26. The molecule has 5 heteroatoms. The zero-order valence-corrected chi connectivity index (χ0v) is 11.9. The number of amides is 1. The normalized spacial score (nSPS) is 19.2. The van der Waals surface area contributed by atoms with Crippen molar-refractivity contribution in [2.75, 3.05) is 0 Å². The lowest BCUT2D eigenvalue weighted by molar-refractivity contribution is 0.0908. The second-order valence-electron chi connectivity index (χ2n) is 5.90. The molecular formula is C14H18ClFN2O. The molecule has 1 aliphatic rings. The predicted octanol–water partition coefficient (Wildman–Crippen LogP) is 3.57. The van der Waals surface area contributed by atoms with Crippen LogP contribution in [0.4, 0.5) is 4.39 Å². The molecule has 1 N–H and O–H groups in total. The zero-order chi connectivity index (χ0) is 14.0. The van der Waals surface area contributed by atoms with Crippen LogP contribution >= 0.6 is 11.6 Å². The maximum absolute atomic E-state index is 13.1. The quantitative estimate of drug-likeness (QED) is 0.844. The van der Waals surface area contributed by atoms with E-state index in [1.165, 1.54) is 0 Å². The van der Waals surface area contributed by atoms with E-state index in [0.29, 0.717) is 5.41 Å². The molecule has 1 saturated carbocycles. The molecule has 3 nitrogen and oxygen atoms in total. The van der Waals surface area contributed by atoms with Crippen molar-refractivity contribution < 1.29 is 9.18 Å². The number of hydrogen-bond donors (Lipinski definition) is 1. The standard InChI is InChI=1S/C14H18ClFN2O/c1-14(2)5-3-10(4-6-14)18-13(19)11-7-9(16)8-17-12(11)15/h7-8,10H,3-6H2,1-2H3,(H,18,19). The van der Waals surface area contributed by atoms with E-state index in [-0.39, 0.29) is 22.7 Å². The maximum Gasteiger partial charge on any atom is 0.254 e. The summed E-state index contributed by atoms with van der Waals surface area (Å²) in [6.07, 6.45) is 5.04. The molecule has 0 aromatic carbocycles. The summed E-state index contributed by atoms with van der Waals surface area (Å²) in [7, 11) is 0. The third kappa shape index (κ3) is 3.66. The molecular weight excluding hydrogens is 267 g/mol. The molecule has 0 unspecified atom stereocenters. The first-order valence-electron chi connectivity index (χ1n) is 6.49. The fraction of sp³-hybridized carbons (Fsp3) is 0.571. The van der Waals surface area contributed by atoms with Gasteiger partial charge in [0.25, 0.3) is 5.91 Å². The van der Waals surface area contributed by atoms with Gasteiger partial charge in [-0.3, -0.25) is 4.79 Å². The molecule has 0 atom stereocenters. The fourth-order valence-electron chi connectivity index (χ4n) is 2.39. The molecule has 0 aliphatic heterocycles. The van der Waals surface area contributed by atoms with E-state index in [9.17, 15) is 9.18 Å². The van der Waals surface area contributed by atoms with Crippen molar-refractivity contribution in [1.82, 2.24) is 10.3 Å². The van der Waals surface area contributed by atoms with E-state index in [1.807, 2.05) is 0 Å². The Balaban J connectivity index is 2.00. The van der Waals surface area contributed by atoms with Crippen LogP contribution in [0.5, 0.6) is 0 Å². The summed E-state index contributed by atoms with van der Waals surface area (Å²) in [5.74, 6) is -0.902. The fourth-order valence-corrected chi connectivity index (χ4v) is 2.58. The van der Waals surface area contributed by atoms with E-state index in [0.717, 1.165) is 37.9 Å². The highest BCUT2D eigenvalue weighted by Crippen LogP contribution is 2.35. The third-order valence-electron chi connectivity index (χ3n) is 3.72. The van der Waals surface area contributed by atoms with Gasteiger partial charge in [-0.1, -0.05) is 25.4 Å². The van der Waals surface area contributed by atoms with E-state index in [1.54, 1.807) is 0 Å². The second-order valence-corrected chi connectivity index (χ2v) is 6.26. The molecule has 1 heterocycles. The number of nitrogens with zero attached hydrogens (tertiary/aromatic N) is 1. The number of halogens is 2. The second kappa shape index (κ2) is 5.45. The molecule has 19 heavy (non-hydrogen) atoms. The Morgan fingerprint density at radius 2 is 2.11 bits per heavy atom. The highest BCUT2D eigenvalue weighted by molar-refractivity contribution is 6.32. The summed E-state index contributed by atoms with van der Waals surface area (Å²) in [6.45, 7) is 4.47. The largest absolute Gasteiger partial charge is 0.349 e. The van der Waals surface area contributed by atoms with Crippen molar-refractivity contribution in [3.63, 3.8) is 0 Å². The van der Waals surface area contributed by atoms with Crippen molar-refractivity contribution in [3.05, 3.63) is 28.8 Å². The Kier molecular flexibility index (Phi) is 4.09. The first-order chi connectivity index (χ1) is 8.87. The van der Waals surface area contributed by atoms with Crippen molar-refractivity contribution in [3.8, 4) is 0 Å². The van der Waals surface area contributed by atoms with Crippen molar-refractivity contribution in [1.29, 1.82) is 0 Å². The van der Waals surface area contributed by atoms with Crippen LogP contribution in [-0.4, -0.2) is 16.9 Å². The molecule has 2 rings (SSSR count). The molecule has 0 spiro atoms. The summed E-state index contributed by atoms with van der Waals surface area (Å²) < 4.78 is 13.1. The number of carbonyl (C=O) groups is 1. The van der Waals surface area contributed by atoms with Gasteiger partial charge in [0.05, 0.1) is 11.8 Å². The molecule has 1 aliphatic carbocycles. The van der Waals surface area contributed by atoms with Crippen molar-refractivity contribution >= 4 is 17.5 Å². The van der Waals surface area contributed by atoms with Gasteiger partial charge in [-0.25, -0.2) is 9.37 Å². The highest BCUT2D eigenvalue weighted by Gasteiger charge is 2.28. The van der Waals surface area contributed by atoms with Gasteiger partial charge < -0.3 is 5.32 Å². The van der Waals surface area contributed by atoms with E-state index >= 15 is 0 Å². The Bertz CT molecular complexity index is 480. The number of pyridine rings is 1. The molecule has 0 saturated heterocycles.